The number of esters is 4. The van der Waals surface area contributed by atoms with Crippen LogP contribution in [0.5, 0.6) is 0 Å². The van der Waals surface area contributed by atoms with E-state index in [1.165, 1.54) is 83.5 Å². The smallest absolute Gasteiger partial charge is 0.462 e. The molecule has 456 valence electrons. The largest absolute Gasteiger partial charge is 0.472 e. The second-order valence-corrected chi connectivity index (χ2v) is 24.9. The maximum Gasteiger partial charge on any atom is 0.472 e. The van der Waals surface area contributed by atoms with Crippen molar-refractivity contribution in [2.24, 2.45) is 11.8 Å². The third-order valence-electron chi connectivity index (χ3n) is 13.2. The van der Waals surface area contributed by atoms with E-state index in [-0.39, 0.29) is 25.7 Å². The topological polar surface area (TPSA) is 237 Å². The molecule has 0 aliphatic carbocycles. The van der Waals surface area contributed by atoms with Crippen LogP contribution in [0.3, 0.4) is 0 Å². The molecule has 5 atom stereocenters. The Bertz CT molecular complexity index is 1530. The van der Waals surface area contributed by atoms with Crippen LogP contribution < -0.4 is 0 Å². The number of carbonyl (C=O) groups excluding carboxylic acids is 4. The van der Waals surface area contributed by atoms with Crippen molar-refractivity contribution in [1.29, 1.82) is 0 Å². The lowest BCUT2D eigenvalue weighted by Gasteiger charge is -2.21. The number of hydrogen-bond acceptors (Lipinski definition) is 15. The molecule has 0 rings (SSSR count). The normalized spacial score (nSPS) is 14.5. The number of phosphoric ester groups is 2. The molecular weight excluding hydrogens is 1030 g/mol. The van der Waals surface area contributed by atoms with Crippen LogP contribution in [0.2, 0.25) is 0 Å². The fraction of sp³-hybridized carbons (Fsp3) is 0.931. The first-order valence-corrected chi connectivity index (χ1v) is 33.5. The van der Waals surface area contributed by atoms with E-state index in [0.29, 0.717) is 31.6 Å². The predicted octanol–water partition coefficient (Wildman–Crippen LogP) is 15.3. The van der Waals surface area contributed by atoms with Gasteiger partial charge in [-0.1, -0.05) is 228 Å². The van der Waals surface area contributed by atoms with Crippen LogP contribution in [0.4, 0.5) is 0 Å². The summed E-state index contributed by atoms with van der Waals surface area (Å²) in [6, 6.07) is 0. The molecule has 0 saturated carbocycles. The second-order valence-electron chi connectivity index (χ2n) is 22.0. The summed E-state index contributed by atoms with van der Waals surface area (Å²) < 4.78 is 67.5. The third-order valence-corrected chi connectivity index (χ3v) is 15.1. The van der Waals surface area contributed by atoms with E-state index < -0.39 is 97.5 Å². The van der Waals surface area contributed by atoms with Crippen LogP contribution in [0.15, 0.2) is 0 Å². The van der Waals surface area contributed by atoms with Gasteiger partial charge in [-0.05, 0) is 37.5 Å². The molecule has 2 unspecified atom stereocenters. The molecular formula is C58H112O17P2. The van der Waals surface area contributed by atoms with Gasteiger partial charge in [-0.25, -0.2) is 9.13 Å². The minimum absolute atomic E-state index is 0.104. The number of aliphatic hydroxyl groups excluding tert-OH is 1. The number of aliphatic hydroxyl groups is 1. The molecule has 0 aromatic rings. The minimum atomic E-state index is -4.94. The summed E-state index contributed by atoms with van der Waals surface area (Å²) in [7, 11) is -9.86. The Morgan fingerprint density at radius 1 is 0.351 bits per heavy atom. The molecule has 3 N–H and O–H groups in total. The zero-order chi connectivity index (χ0) is 57.3. The Balaban J connectivity index is 5.18. The first-order chi connectivity index (χ1) is 36.9. The summed E-state index contributed by atoms with van der Waals surface area (Å²) in [6.45, 7) is 9.27. The van der Waals surface area contributed by atoms with E-state index in [4.69, 9.17) is 37.0 Å². The van der Waals surface area contributed by atoms with Crippen molar-refractivity contribution in [2.75, 3.05) is 39.6 Å². The summed E-state index contributed by atoms with van der Waals surface area (Å²) in [5.74, 6) is -0.698. The number of unbranched alkanes of at least 4 members (excludes halogenated alkanes) is 27. The van der Waals surface area contributed by atoms with E-state index in [2.05, 4.69) is 41.5 Å². The standard InChI is InChI=1S/C58H112O17P2/c1-7-9-11-13-14-17-23-30-36-42-57(62)74-53(46-68-55(60)40-34-26-12-10-8-2)48-72-76(64,65)70-44-52(59)45-71-77(66,67)73-49-54(47-69-56(61)41-35-29-25-20-22-28-33-39-51(5)6)75-58(63)43-37-31-24-19-16-15-18-21-27-32-38-50(3)4/h50-54,59H,7-49H2,1-6H3,(H,64,65)(H,66,67)/t52-,53+,54+/m0/s1. The first kappa shape index (κ1) is 75.1. The Kier molecular flexibility index (Phi) is 49.7. The van der Waals surface area contributed by atoms with Crippen molar-refractivity contribution < 1.29 is 80.2 Å². The monoisotopic (exact) mass is 1140 g/mol. The first-order valence-electron chi connectivity index (χ1n) is 30.5. The highest BCUT2D eigenvalue weighted by atomic mass is 31.2. The lowest BCUT2D eigenvalue weighted by atomic mass is 10.0. The highest BCUT2D eigenvalue weighted by Gasteiger charge is 2.30. The fourth-order valence-electron chi connectivity index (χ4n) is 8.47. The maximum absolute atomic E-state index is 12.9. The molecule has 0 radical (unpaired) electrons. The number of ether oxygens (including phenoxy) is 4. The number of carbonyl (C=O) groups is 4. The average molecular weight is 1140 g/mol. The van der Waals surface area contributed by atoms with Crippen molar-refractivity contribution in [3.8, 4) is 0 Å². The molecule has 17 nitrogen and oxygen atoms in total. The minimum Gasteiger partial charge on any atom is -0.462 e. The Hall–Kier alpha value is -1.94. The molecule has 77 heavy (non-hydrogen) atoms. The van der Waals surface area contributed by atoms with E-state index in [9.17, 15) is 43.2 Å². The summed E-state index contributed by atoms with van der Waals surface area (Å²) in [6.07, 6.45) is 31.1. The Morgan fingerprint density at radius 2 is 0.597 bits per heavy atom. The maximum atomic E-state index is 12.9. The molecule has 0 bridgehead atoms. The second kappa shape index (κ2) is 51.0. The van der Waals surface area contributed by atoms with Crippen molar-refractivity contribution in [1.82, 2.24) is 0 Å². The van der Waals surface area contributed by atoms with Crippen LogP contribution in [-0.4, -0.2) is 96.7 Å². The van der Waals surface area contributed by atoms with Crippen LogP contribution in [0, 0.1) is 11.8 Å². The van der Waals surface area contributed by atoms with Crippen LogP contribution in [-0.2, 0) is 65.4 Å². The highest BCUT2D eigenvalue weighted by Crippen LogP contribution is 2.45. The Morgan fingerprint density at radius 3 is 0.883 bits per heavy atom. The summed E-state index contributed by atoms with van der Waals surface area (Å²) in [4.78, 5) is 71.6. The van der Waals surface area contributed by atoms with Gasteiger partial charge in [-0.3, -0.25) is 37.3 Å². The predicted molar refractivity (Wildman–Crippen MR) is 303 cm³/mol. The van der Waals surface area contributed by atoms with Crippen molar-refractivity contribution in [3.63, 3.8) is 0 Å². The zero-order valence-electron chi connectivity index (χ0n) is 49.2. The average Bonchev–Trinajstić information content (AvgIpc) is 3.38. The lowest BCUT2D eigenvalue weighted by Crippen LogP contribution is -2.30. The number of phosphoric acid groups is 2. The lowest BCUT2D eigenvalue weighted by molar-refractivity contribution is -0.161. The van der Waals surface area contributed by atoms with Crippen molar-refractivity contribution in [3.05, 3.63) is 0 Å². The molecule has 0 aromatic carbocycles. The van der Waals surface area contributed by atoms with E-state index in [1.807, 2.05) is 0 Å². The molecule has 0 fully saturated rings. The summed E-state index contributed by atoms with van der Waals surface area (Å²) in [5.41, 5.74) is 0. The molecule has 0 heterocycles. The quantitative estimate of drug-likeness (QED) is 0.0222. The molecule has 0 aliphatic rings. The van der Waals surface area contributed by atoms with E-state index in [1.54, 1.807) is 0 Å². The zero-order valence-corrected chi connectivity index (χ0v) is 51.0. The third kappa shape index (κ3) is 53.2. The Labute approximate surface area is 467 Å². The number of rotatable bonds is 57. The number of hydrogen-bond donors (Lipinski definition) is 3. The van der Waals surface area contributed by atoms with E-state index >= 15 is 0 Å². The summed E-state index contributed by atoms with van der Waals surface area (Å²) >= 11 is 0. The molecule has 0 aromatic heterocycles. The van der Waals surface area contributed by atoms with Gasteiger partial charge in [0.05, 0.1) is 26.4 Å². The van der Waals surface area contributed by atoms with Crippen molar-refractivity contribution >= 4 is 39.5 Å². The SMILES string of the molecule is CCCCCCCCCCCC(=O)O[C@H](COC(=O)CCCCCCC)COP(=O)(O)OC[C@H](O)COP(=O)(O)OC[C@@H](COC(=O)CCCCCCCCCC(C)C)OC(=O)CCCCCCCCCCCCC(C)C. The van der Waals surface area contributed by atoms with Gasteiger partial charge in [0.25, 0.3) is 0 Å². The molecule has 0 amide bonds. The van der Waals surface area contributed by atoms with Gasteiger partial charge in [0.1, 0.15) is 19.3 Å². The van der Waals surface area contributed by atoms with Gasteiger partial charge in [0.15, 0.2) is 12.2 Å². The molecule has 0 aliphatic heterocycles. The molecule has 19 heteroatoms. The summed E-state index contributed by atoms with van der Waals surface area (Å²) in [5, 5.41) is 10.5. The van der Waals surface area contributed by atoms with Crippen LogP contribution in [0.25, 0.3) is 0 Å². The van der Waals surface area contributed by atoms with Crippen LogP contribution in [0.1, 0.15) is 279 Å². The van der Waals surface area contributed by atoms with E-state index in [0.717, 1.165) is 109 Å². The van der Waals surface area contributed by atoms with Gasteiger partial charge in [0, 0.05) is 25.7 Å². The molecule has 0 spiro atoms. The van der Waals surface area contributed by atoms with Gasteiger partial charge in [-0.15, -0.1) is 0 Å². The van der Waals surface area contributed by atoms with Crippen LogP contribution >= 0.6 is 15.6 Å². The highest BCUT2D eigenvalue weighted by molar-refractivity contribution is 7.47. The van der Waals surface area contributed by atoms with Gasteiger partial charge >= 0.3 is 39.5 Å². The fourth-order valence-corrected chi connectivity index (χ4v) is 10.0. The van der Waals surface area contributed by atoms with Gasteiger partial charge in [-0.2, -0.15) is 0 Å². The van der Waals surface area contributed by atoms with Crippen molar-refractivity contribution in [2.45, 2.75) is 297 Å². The van der Waals surface area contributed by atoms with Gasteiger partial charge < -0.3 is 33.8 Å². The molecule has 0 saturated heterocycles. The van der Waals surface area contributed by atoms with Gasteiger partial charge in [0.2, 0.25) is 0 Å².